The summed E-state index contributed by atoms with van der Waals surface area (Å²) < 4.78 is 11.3. The molecule has 0 aliphatic carbocycles. The van der Waals surface area contributed by atoms with Crippen LogP contribution in [0.15, 0.2) is 0 Å². The Hall–Kier alpha value is -0.650. The van der Waals surface area contributed by atoms with E-state index in [1.165, 1.54) is 6.42 Å². The number of amides is 1. The van der Waals surface area contributed by atoms with Crippen LogP contribution in [-0.2, 0) is 14.3 Å². The van der Waals surface area contributed by atoms with E-state index in [0.717, 1.165) is 45.4 Å². The molecule has 5 heteroatoms. The molecule has 0 bridgehead atoms. The second-order valence-electron chi connectivity index (χ2n) is 6.83. The van der Waals surface area contributed by atoms with Gasteiger partial charge in [-0.2, -0.15) is 0 Å². The van der Waals surface area contributed by atoms with E-state index in [0.29, 0.717) is 37.5 Å². The fraction of sp³-hybridized carbons (Fsp3) is 0.938. The third-order valence-corrected chi connectivity index (χ3v) is 4.94. The monoisotopic (exact) mass is 296 g/mol. The average molecular weight is 296 g/mol. The first-order chi connectivity index (χ1) is 10.2. The van der Waals surface area contributed by atoms with E-state index >= 15 is 0 Å². The summed E-state index contributed by atoms with van der Waals surface area (Å²) in [6.07, 6.45) is 4.65. The first-order valence-electron chi connectivity index (χ1n) is 8.45. The van der Waals surface area contributed by atoms with E-state index < -0.39 is 0 Å². The molecule has 3 rings (SSSR count). The van der Waals surface area contributed by atoms with Crippen molar-refractivity contribution in [3.05, 3.63) is 0 Å². The van der Waals surface area contributed by atoms with E-state index in [9.17, 15) is 4.79 Å². The van der Waals surface area contributed by atoms with Gasteiger partial charge in [-0.1, -0.05) is 6.92 Å². The third kappa shape index (κ3) is 3.96. The Labute approximate surface area is 127 Å². The molecule has 0 saturated carbocycles. The van der Waals surface area contributed by atoms with E-state index in [-0.39, 0.29) is 6.29 Å². The summed E-state index contributed by atoms with van der Waals surface area (Å²) in [6.45, 7) is 8.07. The molecule has 3 heterocycles. The quantitative estimate of drug-likeness (QED) is 0.788. The van der Waals surface area contributed by atoms with Crippen LogP contribution >= 0.6 is 0 Å². The van der Waals surface area contributed by atoms with Crippen LogP contribution in [0.2, 0.25) is 0 Å². The van der Waals surface area contributed by atoms with E-state index in [2.05, 4.69) is 16.7 Å². The summed E-state index contributed by atoms with van der Waals surface area (Å²) in [6, 6.07) is 0. The highest BCUT2D eigenvalue weighted by molar-refractivity contribution is 5.78. The van der Waals surface area contributed by atoms with Gasteiger partial charge in [0.2, 0.25) is 5.91 Å². The first-order valence-corrected chi connectivity index (χ1v) is 8.45. The maximum Gasteiger partial charge on any atom is 0.236 e. The van der Waals surface area contributed by atoms with Gasteiger partial charge in [-0.3, -0.25) is 9.69 Å². The molecule has 3 fully saturated rings. The summed E-state index contributed by atoms with van der Waals surface area (Å²) in [5.74, 6) is 1.38. The van der Waals surface area contributed by atoms with Crippen molar-refractivity contribution in [2.75, 3.05) is 45.9 Å². The minimum atomic E-state index is -0.0436. The van der Waals surface area contributed by atoms with Gasteiger partial charge in [0.15, 0.2) is 6.29 Å². The van der Waals surface area contributed by atoms with Crippen molar-refractivity contribution < 1.29 is 14.3 Å². The van der Waals surface area contributed by atoms with Crippen molar-refractivity contribution >= 4 is 5.91 Å². The Morgan fingerprint density at radius 2 is 1.86 bits per heavy atom. The van der Waals surface area contributed by atoms with Crippen LogP contribution in [0.4, 0.5) is 0 Å². The summed E-state index contributed by atoms with van der Waals surface area (Å²) in [7, 11) is 0. The number of hydrogen-bond donors (Lipinski definition) is 0. The Balaban J connectivity index is 1.48. The zero-order chi connectivity index (χ0) is 14.7. The van der Waals surface area contributed by atoms with Crippen molar-refractivity contribution in [2.45, 2.75) is 38.9 Å². The first kappa shape index (κ1) is 15.3. The van der Waals surface area contributed by atoms with Gasteiger partial charge in [-0.05, 0) is 38.1 Å². The molecule has 3 aliphatic rings. The summed E-state index contributed by atoms with van der Waals surface area (Å²) in [5, 5.41) is 0. The van der Waals surface area contributed by atoms with Crippen LogP contribution in [0, 0.1) is 11.8 Å². The van der Waals surface area contributed by atoms with Crippen molar-refractivity contribution in [1.82, 2.24) is 9.80 Å². The van der Waals surface area contributed by atoms with Crippen LogP contribution in [-0.4, -0.2) is 67.9 Å². The maximum absolute atomic E-state index is 12.5. The largest absolute Gasteiger partial charge is 0.350 e. The molecule has 3 saturated heterocycles. The van der Waals surface area contributed by atoms with Crippen molar-refractivity contribution in [1.29, 1.82) is 0 Å². The lowest BCUT2D eigenvalue weighted by Crippen LogP contribution is -2.48. The highest BCUT2D eigenvalue weighted by Crippen LogP contribution is 2.25. The Bertz CT molecular complexity index is 357. The lowest BCUT2D eigenvalue weighted by molar-refractivity contribution is -0.136. The second-order valence-corrected chi connectivity index (χ2v) is 6.83. The molecule has 0 radical (unpaired) electrons. The van der Waals surface area contributed by atoms with Gasteiger partial charge in [0.1, 0.15) is 0 Å². The molecule has 0 aromatic heterocycles. The number of ether oxygens (including phenoxy) is 2. The molecular weight excluding hydrogens is 268 g/mol. The van der Waals surface area contributed by atoms with Gasteiger partial charge in [0.05, 0.1) is 19.8 Å². The molecule has 0 N–H and O–H groups in total. The molecular formula is C16H28N2O3. The van der Waals surface area contributed by atoms with Crippen molar-refractivity contribution in [3.8, 4) is 0 Å². The fourth-order valence-corrected chi connectivity index (χ4v) is 3.81. The lowest BCUT2D eigenvalue weighted by atomic mass is 9.97. The maximum atomic E-state index is 12.5. The van der Waals surface area contributed by atoms with Crippen LogP contribution in [0.3, 0.4) is 0 Å². The van der Waals surface area contributed by atoms with Gasteiger partial charge in [0, 0.05) is 25.6 Å². The highest BCUT2D eigenvalue weighted by Gasteiger charge is 2.32. The van der Waals surface area contributed by atoms with Gasteiger partial charge >= 0.3 is 0 Å². The minimum absolute atomic E-state index is 0.0436. The number of nitrogens with zero attached hydrogens (tertiary/aromatic N) is 2. The molecule has 0 aromatic carbocycles. The van der Waals surface area contributed by atoms with Crippen LogP contribution < -0.4 is 0 Å². The highest BCUT2D eigenvalue weighted by atomic mass is 16.7. The minimum Gasteiger partial charge on any atom is -0.350 e. The zero-order valence-electron chi connectivity index (χ0n) is 13.1. The van der Waals surface area contributed by atoms with E-state index in [1.807, 2.05) is 0 Å². The summed E-state index contributed by atoms with van der Waals surface area (Å²) in [4.78, 5) is 16.8. The molecule has 2 atom stereocenters. The van der Waals surface area contributed by atoms with E-state index in [1.54, 1.807) is 0 Å². The predicted molar refractivity (Wildman–Crippen MR) is 79.8 cm³/mol. The molecule has 0 spiro atoms. The Morgan fingerprint density at radius 3 is 2.62 bits per heavy atom. The van der Waals surface area contributed by atoms with Crippen LogP contribution in [0.5, 0.6) is 0 Å². The molecule has 3 aliphatic heterocycles. The molecule has 2 unspecified atom stereocenters. The zero-order valence-corrected chi connectivity index (χ0v) is 13.1. The number of likely N-dealkylation sites (tertiary alicyclic amines) is 2. The molecule has 120 valence electrons. The summed E-state index contributed by atoms with van der Waals surface area (Å²) in [5.41, 5.74) is 0. The molecule has 1 amide bonds. The number of piperidine rings is 2. The standard InChI is InChI=1S/C16H28N2O3/c1-13-4-2-7-18(10-13)15(19)12-17-6-3-5-14(11-17)16-20-8-9-21-16/h13-14,16H,2-12H2,1H3. The normalized spacial score (nSPS) is 32.5. The molecule has 21 heavy (non-hydrogen) atoms. The van der Waals surface area contributed by atoms with Crippen LogP contribution in [0.1, 0.15) is 32.6 Å². The smallest absolute Gasteiger partial charge is 0.236 e. The molecule has 5 nitrogen and oxygen atoms in total. The number of rotatable bonds is 3. The van der Waals surface area contributed by atoms with E-state index in [4.69, 9.17) is 9.47 Å². The second kappa shape index (κ2) is 7.07. The van der Waals surface area contributed by atoms with Gasteiger partial charge in [0.25, 0.3) is 0 Å². The Kier molecular flexibility index (Phi) is 5.14. The van der Waals surface area contributed by atoms with Crippen molar-refractivity contribution in [3.63, 3.8) is 0 Å². The number of carbonyl (C=O) groups excluding carboxylic acids is 1. The van der Waals surface area contributed by atoms with Gasteiger partial charge in [-0.15, -0.1) is 0 Å². The van der Waals surface area contributed by atoms with Crippen LogP contribution in [0.25, 0.3) is 0 Å². The lowest BCUT2D eigenvalue weighted by Gasteiger charge is -2.37. The SMILES string of the molecule is CC1CCCN(C(=O)CN2CCCC(C3OCCO3)C2)C1. The predicted octanol–water partition coefficient (Wildman–Crippen LogP) is 1.33. The fourth-order valence-electron chi connectivity index (χ4n) is 3.81. The average Bonchev–Trinajstić information content (AvgIpc) is 3.02. The topological polar surface area (TPSA) is 42.0 Å². The molecule has 0 aromatic rings. The Morgan fingerprint density at radius 1 is 1.10 bits per heavy atom. The number of carbonyl (C=O) groups is 1. The number of hydrogen-bond acceptors (Lipinski definition) is 4. The summed E-state index contributed by atoms with van der Waals surface area (Å²) >= 11 is 0. The third-order valence-electron chi connectivity index (χ3n) is 4.94. The van der Waals surface area contributed by atoms with Gasteiger partial charge < -0.3 is 14.4 Å². The van der Waals surface area contributed by atoms with Crippen molar-refractivity contribution in [2.24, 2.45) is 11.8 Å². The van der Waals surface area contributed by atoms with Gasteiger partial charge in [-0.25, -0.2) is 0 Å².